The van der Waals surface area contributed by atoms with Crippen molar-refractivity contribution >= 4 is 17.2 Å². The Kier molecular flexibility index (Phi) is 7.02. The Morgan fingerprint density at radius 2 is 1.96 bits per heavy atom. The van der Waals surface area contributed by atoms with Crippen LogP contribution in [0.1, 0.15) is 45.1 Å². The first-order chi connectivity index (χ1) is 12.0. The number of carbonyl (C=O) groups is 1. The molecule has 1 amide bonds. The second-order valence-electron chi connectivity index (χ2n) is 6.40. The quantitative estimate of drug-likeness (QED) is 0.772. The van der Waals surface area contributed by atoms with E-state index in [1.807, 2.05) is 44.4 Å². The second-order valence-corrected chi connectivity index (χ2v) is 7.66. The topological polar surface area (TPSA) is 41.6 Å². The Morgan fingerprint density at radius 1 is 1.28 bits per heavy atom. The lowest BCUT2D eigenvalue weighted by molar-refractivity contribution is 0.0946. The standard InChI is InChI=1S/C20H28N2O2S/c1-6-7-16-12-19(25-14(16)2)20(23)21-13-18(22(3)4)15-8-10-17(24-5)11-9-15/h8-12,18H,6-7,13H2,1-5H3,(H,21,23). The SMILES string of the molecule is CCCc1cc(C(=O)NCC(c2ccc(OC)cc2)N(C)C)sc1C. The fourth-order valence-corrected chi connectivity index (χ4v) is 3.84. The highest BCUT2D eigenvalue weighted by Gasteiger charge is 2.17. The van der Waals surface area contributed by atoms with Crippen LogP contribution in [0.4, 0.5) is 0 Å². The van der Waals surface area contributed by atoms with Crippen molar-refractivity contribution < 1.29 is 9.53 Å². The molecule has 25 heavy (non-hydrogen) atoms. The minimum absolute atomic E-state index is 0.0100. The molecule has 0 spiro atoms. The lowest BCUT2D eigenvalue weighted by Crippen LogP contribution is -2.34. The van der Waals surface area contributed by atoms with Crippen LogP contribution >= 0.6 is 11.3 Å². The predicted octanol–water partition coefficient (Wildman–Crippen LogP) is 4.05. The molecule has 0 aliphatic heterocycles. The van der Waals surface area contributed by atoms with E-state index in [1.165, 1.54) is 10.4 Å². The molecule has 1 aromatic heterocycles. The van der Waals surface area contributed by atoms with Crippen molar-refractivity contribution in [1.29, 1.82) is 0 Å². The summed E-state index contributed by atoms with van der Waals surface area (Å²) in [6.45, 7) is 4.82. The van der Waals surface area contributed by atoms with Gasteiger partial charge in [-0.3, -0.25) is 4.79 Å². The summed E-state index contributed by atoms with van der Waals surface area (Å²) in [6, 6.07) is 10.2. The van der Waals surface area contributed by atoms with Crippen molar-refractivity contribution in [3.8, 4) is 5.75 Å². The number of thiophene rings is 1. The first-order valence-corrected chi connectivity index (χ1v) is 9.45. The minimum atomic E-state index is 0.0100. The Bertz CT molecular complexity index is 692. The number of ether oxygens (including phenoxy) is 1. The minimum Gasteiger partial charge on any atom is -0.497 e. The number of hydrogen-bond donors (Lipinski definition) is 1. The fourth-order valence-electron chi connectivity index (χ4n) is 2.85. The van der Waals surface area contributed by atoms with Gasteiger partial charge >= 0.3 is 0 Å². The number of benzene rings is 1. The van der Waals surface area contributed by atoms with Gasteiger partial charge in [0.05, 0.1) is 18.0 Å². The van der Waals surface area contributed by atoms with Crippen molar-refractivity contribution in [2.24, 2.45) is 0 Å². The van der Waals surface area contributed by atoms with Gasteiger partial charge < -0.3 is 15.0 Å². The molecule has 1 atom stereocenters. The Labute approximate surface area is 154 Å². The van der Waals surface area contributed by atoms with Gasteiger partial charge in [0.25, 0.3) is 5.91 Å². The molecule has 1 heterocycles. The van der Waals surface area contributed by atoms with Crippen LogP contribution in [0.25, 0.3) is 0 Å². The van der Waals surface area contributed by atoms with Crippen molar-refractivity contribution in [3.63, 3.8) is 0 Å². The molecule has 0 fully saturated rings. The normalized spacial score (nSPS) is 12.2. The van der Waals surface area contributed by atoms with E-state index < -0.39 is 0 Å². The lowest BCUT2D eigenvalue weighted by atomic mass is 10.1. The average molecular weight is 361 g/mol. The van der Waals surface area contributed by atoms with Crippen LogP contribution < -0.4 is 10.1 Å². The van der Waals surface area contributed by atoms with Crippen molar-refractivity contribution in [2.45, 2.75) is 32.7 Å². The summed E-state index contributed by atoms with van der Waals surface area (Å²) in [5, 5.41) is 3.09. The Morgan fingerprint density at radius 3 is 2.52 bits per heavy atom. The zero-order chi connectivity index (χ0) is 18.4. The third-order valence-corrected chi connectivity index (χ3v) is 5.44. The highest BCUT2D eigenvalue weighted by Crippen LogP contribution is 2.24. The number of methoxy groups -OCH3 is 1. The van der Waals surface area contributed by atoms with Gasteiger partial charge in [-0.05, 0) is 56.8 Å². The van der Waals surface area contributed by atoms with E-state index in [9.17, 15) is 4.79 Å². The highest BCUT2D eigenvalue weighted by atomic mass is 32.1. The fraction of sp³-hybridized carbons (Fsp3) is 0.450. The molecule has 1 N–H and O–H groups in total. The number of nitrogens with zero attached hydrogens (tertiary/aromatic N) is 1. The zero-order valence-corrected chi connectivity index (χ0v) is 16.6. The van der Waals surface area contributed by atoms with E-state index in [4.69, 9.17) is 4.74 Å². The number of carbonyl (C=O) groups excluding carboxylic acids is 1. The van der Waals surface area contributed by atoms with Crippen LogP contribution in [0.2, 0.25) is 0 Å². The van der Waals surface area contributed by atoms with Gasteiger partial charge in [-0.25, -0.2) is 0 Å². The summed E-state index contributed by atoms with van der Waals surface area (Å²) in [7, 11) is 5.71. The maximum atomic E-state index is 12.5. The van der Waals surface area contributed by atoms with Gasteiger partial charge in [0.2, 0.25) is 0 Å². The average Bonchev–Trinajstić information content (AvgIpc) is 2.96. The van der Waals surface area contributed by atoms with Crippen molar-refractivity contribution in [2.75, 3.05) is 27.7 Å². The molecule has 0 bridgehead atoms. The maximum Gasteiger partial charge on any atom is 0.261 e. The zero-order valence-electron chi connectivity index (χ0n) is 15.8. The summed E-state index contributed by atoms with van der Waals surface area (Å²) >= 11 is 1.58. The molecule has 136 valence electrons. The molecule has 2 aromatic rings. The highest BCUT2D eigenvalue weighted by molar-refractivity contribution is 7.14. The predicted molar refractivity (Wildman–Crippen MR) is 105 cm³/mol. The molecule has 4 nitrogen and oxygen atoms in total. The summed E-state index contributed by atoms with van der Waals surface area (Å²) < 4.78 is 5.22. The Balaban J connectivity index is 2.05. The summed E-state index contributed by atoms with van der Waals surface area (Å²) in [5.74, 6) is 0.846. The van der Waals surface area contributed by atoms with Gasteiger partial charge in [-0.2, -0.15) is 0 Å². The molecule has 0 saturated carbocycles. The van der Waals surface area contributed by atoms with E-state index >= 15 is 0 Å². The third kappa shape index (κ3) is 5.06. The summed E-state index contributed by atoms with van der Waals surface area (Å²) in [5.41, 5.74) is 2.44. The van der Waals surface area contributed by atoms with Crippen molar-refractivity contribution in [1.82, 2.24) is 10.2 Å². The molecule has 0 radical (unpaired) electrons. The third-order valence-electron chi connectivity index (χ3n) is 4.34. The molecule has 0 aliphatic rings. The van der Waals surface area contributed by atoms with Gasteiger partial charge in [0, 0.05) is 11.4 Å². The first kappa shape index (κ1) is 19.5. The number of hydrogen-bond acceptors (Lipinski definition) is 4. The van der Waals surface area contributed by atoms with E-state index in [1.54, 1.807) is 18.4 Å². The number of aryl methyl sites for hydroxylation is 2. The molecule has 5 heteroatoms. The summed E-state index contributed by atoms with van der Waals surface area (Å²) in [4.78, 5) is 16.7. The Hall–Kier alpha value is -1.85. The van der Waals surface area contributed by atoms with Gasteiger partial charge in [0.15, 0.2) is 0 Å². The molecule has 0 aliphatic carbocycles. The molecule has 0 saturated heterocycles. The monoisotopic (exact) mass is 360 g/mol. The number of likely N-dealkylation sites (N-methyl/N-ethyl adjacent to an activating group) is 1. The van der Waals surface area contributed by atoms with Crippen molar-refractivity contribution in [3.05, 3.63) is 51.2 Å². The maximum absolute atomic E-state index is 12.5. The number of nitrogens with one attached hydrogen (secondary N) is 1. The molecule has 2 rings (SSSR count). The van der Waals surface area contributed by atoms with Gasteiger partial charge in [0.1, 0.15) is 5.75 Å². The van der Waals surface area contributed by atoms with Gasteiger partial charge in [-0.1, -0.05) is 25.5 Å². The van der Waals surface area contributed by atoms with E-state index in [0.29, 0.717) is 6.54 Å². The van der Waals surface area contributed by atoms with Crippen LogP contribution in [0, 0.1) is 6.92 Å². The van der Waals surface area contributed by atoms with Crippen LogP contribution in [-0.2, 0) is 6.42 Å². The summed E-state index contributed by atoms with van der Waals surface area (Å²) in [6.07, 6.45) is 2.13. The first-order valence-electron chi connectivity index (χ1n) is 8.64. The van der Waals surface area contributed by atoms with E-state index in [2.05, 4.69) is 24.1 Å². The van der Waals surface area contributed by atoms with Crippen LogP contribution in [0.5, 0.6) is 5.75 Å². The van der Waals surface area contributed by atoms with Crippen LogP contribution in [0.3, 0.4) is 0 Å². The largest absolute Gasteiger partial charge is 0.497 e. The number of amides is 1. The van der Waals surface area contributed by atoms with E-state index in [-0.39, 0.29) is 11.9 Å². The molecule has 1 aromatic carbocycles. The van der Waals surface area contributed by atoms with Gasteiger partial charge in [-0.15, -0.1) is 11.3 Å². The van der Waals surface area contributed by atoms with Crippen LogP contribution in [-0.4, -0.2) is 38.6 Å². The lowest BCUT2D eigenvalue weighted by Gasteiger charge is -2.25. The van der Waals surface area contributed by atoms with E-state index in [0.717, 1.165) is 29.0 Å². The molecular weight excluding hydrogens is 332 g/mol. The van der Waals surface area contributed by atoms with Crippen LogP contribution in [0.15, 0.2) is 30.3 Å². The molecular formula is C20H28N2O2S. The number of rotatable bonds is 8. The molecule has 1 unspecified atom stereocenters. The smallest absolute Gasteiger partial charge is 0.261 e. The second kappa shape index (κ2) is 9.02.